The lowest BCUT2D eigenvalue weighted by molar-refractivity contribution is 0.648. The molecule has 0 amide bonds. The first-order valence-electron chi connectivity index (χ1n) is 5.81. The standard InChI is InChI=1S/C13H18N4/c1-9(2)7-11-12(16-17(3)13(11)14)10-5-4-6-15-8-10/h4-6,8-9H,7,14H2,1-3H3. The summed E-state index contributed by atoms with van der Waals surface area (Å²) in [6.45, 7) is 4.36. The van der Waals surface area contributed by atoms with Crippen LogP contribution in [-0.4, -0.2) is 14.8 Å². The van der Waals surface area contributed by atoms with Crippen molar-refractivity contribution in [1.29, 1.82) is 0 Å². The molecule has 2 rings (SSSR count). The highest BCUT2D eigenvalue weighted by molar-refractivity contribution is 5.67. The van der Waals surface area contributed by atoms with Crippen molar-refractivity contribution >= 4 is 5.82 Å². The molecule has 4 nitrogen and oxygen atoms in total. The van der Waals surface area contributed by atoms with E-state index in [-0.39, 0.29) is 0 Å². The highest BCUT2D eigenvalue weighted by atomic mass is 15.3. The molecule has 0 radical (unpaired) electrons. The van der Waals surface area contributed by atoms with Crippen molar-refractivity contribution in [1.82, 2.24) is 14.8 Å². The Morgan fingerprint density at radius 3 is 2.76 bits per heavy atom. The molecule has 0 saturated carbocycles. The minimum absolute atomic E-state index is 0.553. The van der Waals surface area contributed by atoms with Crippen molar-refractivity contribution in [3.63, 3.8) is 0 Å². The van der Waals surface area contributed by atoms with Crippen LogP contribution in [0.15, 0.2) is 24.5 Å². The van der Waals surface area contributed by atoms with Crippen molar-refractivity contribution in [3.05, 3.63) is 30.1 Å². The van der Waals surface area contributed by atoms with Gasteiger partial charge in [-0.05, 0) is 24.5 Å². The number of rotatable bonds is 3. The van der Waals surface area contributed by atoms with Gasteiger partial charge in [0.25, 0.3) is 0 Å². The van der Waals surface area contributed by atoms with Crippen molar-refractivity contribution < 1.29 is 0 Å². The van der Waals surface area contributed by atoms with Crippen LogP contribution in [0.1, 0.15) is 19.4 Å². The summed E-state index contributed by atoms with van der Waals surface area (Å²) in [7, 11) is 1.87. The maximum Gasteiger partial charge on any atom is 0.125 e. The zero-order chi connectivity index (χ0) is 12.4. The third-order valence-electron chi connectivity index (χ3n) is 2.74. The van der Waals surface area contributed by atoms with Crippen molar-refractivity contribution in [3.8, 4) is 11.3 Å². The average Bonchev–Trinajstić information content (AvgIpc) is 2.58. The summed E-state index contributed by atoms with van der Waals surface area (Å²) >= 11 is 0. The van der Waals surface area contributed by atoms with E-state index in [1.807, 2.05) is 25.4 Å². The summed E-state index contributed by atoms with van der Waals surface area (Å²) in [6, 6.07) is 3.93. The minimum atomic E-state index is 0.553. The first-order chi connectivity index (χ1) is 8.09. The number of nitrogens with zero attached hydrogens (tertiary/aromatic N) is 3. The smallest absolute Gasteiger partial charge is 0.125 e. The molecule has 2 aromatic heterocycles. The molecule has 17 heavy (non-hydrogen) atoms. The molecular weight excluding hydrogens is 212 g/mol. The fraction of sp³-hybridized carbons (Fsp3) is 0.385. The zero-order valence-electron chi connectivity index (χ0n) is 10.5. The highest BCUT2D eigenvalue weighted by Crippen LogP contribution is 2.28. The fourth-order valence-corrected chi connectivity index (χ4v) is 1.93. The predicted molar refractivity (Wildman–Crippen MR) is 69.4 cm³/mol. The molecule has 0 unspecified atom stereocenters. The van der Waals surface area contributed by atoms with E-state index in [2.05, 4.69) is 23.9 Å². The molecule has 0 aromatic carbocycles. The maximum absolute atomic E-state index is 6.07. The van der Waals surface area contributed by atoms with Gasteiger partial charge in [0.2, 0.25) is 0 Å². The number of pyridine rings is 1. The van der Waals surface area contributed by atoms with E-state index in [4.69, 9.17) is 5.73 Å². The summed E-state index contributed by atoms with van der Waals surface area (Å²) in [5.41, 5.74) is 9.16. The highest BCUT2D eigenvalue weighted by Gasteiger charge is 2.16. The Bertz CT molecular complexity index is 500. The zero-order valence-corrected chi connectivity index (χ0v) is 10.5. The Morgan fingerprint density at radius 1 is 1.41 bits per heavy atom. The van der Waals surface area contributed by atoms with Gasteiger partial charge in [0.1, 0.15) is 5.82 Å². The Balaban J connectivity index is 2.50. The second-order valence-corrected chi connectivity index (χ2v) is 4.68. The van der Waals surface area contributed by atoms with Gasteiger partial charge in [-0.25, -0.2) is 0 Å². The Morgan fingerprint density at radius 2 is 2.18 bits per heavy atom. The van der Waals surface area contributed by atoms with Gasteiger partial charge in [0.05, 0.1) is 5.69 Å². The Hall–Kier alpha value is -1.84. The van der Waals surface area contributed by atoms with Gasteiger partial charge in [0, 0.05) is 30.6 Å². The molecule has 0 saturated heterocycles. The first kappa shape index (κ1) is 11.6. The quantitative estimate of drug-likeness (QED) is 0.880. The second kappa shape index (κ2) is 4.57. The number of aromatic nitrogens is 3. The maximum atomic E-state index is 6.07. The van der Waals surface area contributed by atoms with E-state index in [9.17, 15) is 0 Å². The van der Waals surface area contributed by atoms with Crippen molar-refractivity contribution in [2.24, 2.45) is 13.0 Å². The third-order valence-corrected chi connectivity index (χ3v) is 2.74. The number of hydrogen-bond donors (Lipinski definition) is 1. The van der Waals surface area contributed by atoms with Gasteiger partial charge >= 0.3 is 0 Å². The molecule has 2 N–H and O–H groups in total. The van der Waals surface area contributed by atoms with Crippen LogP contribution >= 0.6 is 0 Å². The molecular formula is C13H18N4. The Labute approximate surface area is 101 Å². The van der Waals surface area contributed by atoms with E-state index >= 15 is 0 Å². The van der Waals surface area contributed by atoms with Crippen LogP contribution < -0.4 is 5.73 Å². The Kier molecular flexibility index (Phi) is 3.13. The van der Waals surface area contributed by atoms with Crippen LogP contribution in [0.2, 0.25) is 0 Å². The van der Waals surface area contributed by atoms with Crippen LogP contribution in [0.4, 0.5) is 5.82 Å². The average molecular weight is 230 g/mol. The summed E-state index contributed by atoms with van der Waals surface area (Å²) in [5.74, 6) is 1.30. The number of anilines is 1. The lowest BCUT2D eigenvalue weighted by atomic mass is 10.00. The van der Waals surface area contributed by atoms with E-state index in [0.29, 0.717) is 5.92 Å². The number of hydrogen-bond acceptors (Lipinski definition) is 3. The van der Waals surface area contributed by atoms with E-state index < -0.39 is 0 Å². The van der Waals surface area contributed by atoms with Gasteiger partial charge < -0.3 is 5.73 Å². The summed E-state index contributed by atoms with van der Waals surface area (Å²) in [6.07, 6.45) is 4.52. The number of nitrogen functional groups attached to an aromatic ring is 1. The molecule has 0 spiro atoms. The van der Waals surface area contributed by atoms with Gasteiger partial charge in [0.15, 0.2) is 0 Å². The number of nitrogens with two attached hydrogens (primary N) is 1. The second-order valence-electron chi connectivity index (χ2n) is 4.68. The SMILES string of the molecule is CC(C)Cc1c(-c2cccnc2)nn(C)c1N. The van der Waals surface area contributed by atoms with Gasteiger partial charge in [-0.2, -0.15) is 5.10 Å². The largest absolute Gasteiger partial charge is 0.384 e. The first-order valence-corrected chi connectivity index (χ1v) is 5.81. The topological polar surface area (TPSA) is 56.7 Å². The molecule has 90 valence electrons. The molecule has 4 heteroatoms. The molecule has 0 atom stereocenters. The molecule has 0 aliphatic rings. The molecule has 0 aliphatic heterocycles. The lowest BCUT2D eigenvalue weighted by Gasteiger charge is -2.06. The fourth-order valence-electron chi connectivity index (χ4n) is 1.93. The monoisotopic (exact) mass is 230 g/mol. The van der Waals surface area contributed by atoms with Crippen molar-refractivity contribution in [2.45, 2.75) is 20.3 Å². The van der Waals surface area contributed by atoms with Gasteiger partial charge in [-0.3, -0.25) is 9.67 Å². The van der Waals surface area contributed by atoms with Crippen molar-refractivity contribution in [2.75, 3.05) is 5.73 Å². The predicted octanol–water partition coefficient (Wildman–Crippen LogP) is 2.26. The summed E-state index contributed by atoms with van der Waals surface area (Å²) < 4.78 is 1.74. The van der Waals surface area contributed by atoms with Gasteiger partial charge in [-0.15, -0.1) is 0 Å². The number of aryl methyl sites for hydroxylation is 1. The molecule has 0 aliphatic carbocycles. The van der Waals surface area contributed by atoms with E-state index in [0.717, 1.165) is 29.1 Å². The normalized spacial score (nSPS) is 11.1. The van der Waals surface area contributed by atoms with E-state index in [1.54, 1.807) is 10.9 Å². The molecule has 2 heterocycles. The van der Waals surface area contributed by atoms with Crippen LogP contribution in [0, 0.1) is 5.92 Å². The van der Waals surface area contributed by atoms with Crippen LogP contribution in [-0.2, 0) is 13.5 Å². The van der Waals surface area contributed by atoms with E-state index in [1.165, 1.54) is 0 Å². The van der Waals surface area contributed by atoms with Crippen LogP contribution in [0.5, 0.6) is 0 Å². The molecule has 0 bridgehead atoms. The summed E-state index contributed by atoms with van der Waals surface area (Å²) in [4.78, 5) is 4.13. The summed E-state index contributed by atoms with van der Waals surface area (Å²) in [5, 5.41) is 4.49. The minimum Gasteiger partial charge on any atom is -0.384 e. The lowest BCUT2D eigenvalue weighted by Crippen LogP contribution is -2.02. The van der Waals surface area contributed by atoms with Gasteiger partial charge in [-0.1, -0.05) is 13.8 Å². The van der Waals surface area contributed by atoms with Crippen LogP contribution in [0.3, 0.4) is 0 Å². The third kappa shape index (κ3) is 2.30. The molecule has 0 fully saturated rings. The van der Waals surface area contributed by atoms with Crippen LogP contribution in [0.25, 0.3) is 11.3 Å². The molecule has 2 aromatic rings.